The number of hydrogen-bond acceptors (Lipinski definition) is 4. The lowest BCUT2D eigenvalue weighted by atomic mass is 10.0. The maximum atomic E-state index is 6.30. The monoisotopic (exact) mass is 279 g/mol. The van der Waals surface area contributed by atoms with Crippen LogP contribution in [0.25, 0.3) is 0 Å². The molecule has 0 aliphatic heterocycles. The molecule has 0 aliphatic carbocycles. The number of nitrogens with two attached hydrogens (primary N) is 1. The van der Waals surface area contributed by atoms with E-state index in [-0.39, 0.29) is 6.04 Å². The van der Waals surface area contributed by atoms with Crippen LogP contribution < -0.4 is 11.3 Å². The Morgan fingerprint density at radius 2 is 2.26 bits per heavy atom. The summed E-state index contributed by atoms with van der Waals surface area (Å²) in [5.41, 5.74) is 5.75. The van der Waals surface area contributed by atoms with Gasteiger partial charge in [-0.25, -0.2) is 10.1 Å². The molecule has 3 N–H and O–H groups in total. The Bertz CT molecular complexity index is 552. The van der Waals surface area contributed by atoms with Gasteiger partial charge in [-0.3, -0.25) is 5.84 Å². The molecule has 1 aromatic heterocycles. The van der Waals surface area contributed by atoms with Crippen LogP contribution in [0.1, 0.15) is 36.2 Å². The summed E-state index contributed by atoms with van der Waals surface area (Å²) >= 11 is 6.30. The smallest absolute Gasteiger partial charge is 0.0909 e. The predicted molar refractivity (Wildman–Crippen MR) is 75.7 cm³/mol. The van der Waals surface area contributed by atoms with Gasteiger partial charge in [0.1, 0.15) is 0 Å². The highest BCUT2D eigenvalue weighted by Gasteiger charge is 2.20. The quantitative estimate of drug-likeness (QED) is 0.650. The maximum Gasteiger partial charge on any atom is 0.0909 e. The summed E-state index contributed by atoms with van der Waals surface area (Å²) in [6.45, 7) is 4.90. The molecule has 2 aromatic rings. The van der Waals surface area contributed by atoms with E-state index in [1.807, 2.05) is 29.8 Å². The van der Waals surface area contributed by atoms with Gasteiger partial charge in [0.05, 0.1) is 17.9 Å². The Morgan fingerprint density at radius 3 is 2.89 bits per heavy atom. The standard InChI is InChI=1S/C13H18ClN5/c1-3-6-19-12(8-16-18-19)13(17-15)10-5-4-9(2)7-11(10)14/h4-5,7-8,13,17H,3,6,15H2,1-2H3. The average molecular weight is 280 g/mol. The van der Waals surface area contributed by atoms with E-state index in [1.54, 1.807) is 6.20 Å². The molecule has 102 valence electrons. The van der Waals surface area contributed by atoms with E-state index in [1.165, 1.54) is 0 Å². The Kier molecular flexibility index (Phi) is 4.52. The van der Waals surface area contributed by atoms with Crippen LogP contribution in [0.5, 0.6) is 0 Å². The molecule has 0 spiro atoms. The van der Waals surface area contributed by atoms with Gasteiger partial charge in [-0.2, -0.15) is 0 Å². The molecule has 1 unspecified atom stereocenters. The van der Waals surface area contributed by atoms with Crippen LogP contribution in [0.2, 0.25) is 5.02 Å². The molecule has 0 fully saturated rings. The fourth-order valence-corrected chi connectivity index (χ4v) is 2.42. The zero-order valence-electron chi connectivity index (χ0n) is 11.1. The molecule has 1 heterocycles. The molecule has 0 radical (unpaired) electrons. The van der Waals surface area contributed by atoms with Crippen LogP contribution in [-0.4, -0.2) is 15.0 Å². The fraction of sp³-hybridized carbons (Fsp3) is 0.385. The van der Waals surface area contributed by atoms with Crippen molar-refractivity contribution >= 4 is 11.6 Å². The Labute approximate surface area is 117 Å². The van der Waals surface area contributed by atoms with Crippen molar-refractivity contribution in [3.8, 4) is 0 Å². The van der Waals surface area contributed by atoms with Gasteiger partial charge in [-0.15, -0.1) is 5.10 Å². The number of hydrogen-bond donors (Lipinski definition) is 2. The third-order valence-electron chi connectivity index (χ3n) is 3.01. The second-order valence-corrected chi connectivity index (χ2v) is 4.91. The highest BCUT2D eigenvalue weighted by atomic mass is 35.5. The van der Waals surface area contributed by atoms with Gasteiger partial charge in [-0.1, -0.05) is 35.9 Å². The van der Waals surface area contributed by atoms with Crippen LogP contribution in [0.3, 0.4) is 0 Å². The number of aromatic nitrogens is 3. The highest BCUT2D eigenvalue weighted by Crippen LogP contribution is 2.28. The molecule has 5 nitrogen and oxygen atoms in total. The number of halogens is 1. The summed E-state index contributed by atoms with van der Waals surface area (Å²) in [6, 6.07) is 5.70. The Hall–Kier alpha value is -1.43. The van der Waals surface area contributed by atoms with E-state index < -0.39 is 0 Å². The van der Waals surface area contributed by atoms with E-state index in [0.29, 0.717) is 5.02 Å². The molecule has 1 aromatic carbocycles. The van der Waals surface area contributed by atoms with E-state index in [4.69, 9.17) is 17.4 Å². The molecular formula is C13H18ClN5. The number of nitrogens with one attached hydrogen (secondary N) is 1. The molecule has 1 atom stereocenters. The molecule has 0 saturated carbocycles. The lowest BCUT2D eigenvalue weighted by Crippen LogP contribution is -2.31. The Morgan fingerprint density at radius 1 is 1.47 bits per heavy atom. The van der Waals surface area contributed by atoms with Crippen LogP contribution in [0.15, 0.2) is 24.4 Å². The van der Waals surface area contributed by atoms with Crippen molar-refractivity contribution in [1.29, 1.82) is 0 Å². The summed E-state index contributed by atoms with van der Waals surface area (Å²) in [4.78, 5) is 0. The van der Waals surface area contributed by atoms with E-state index in [2.05, 4.69) is 22.7 Å². The van der Waals surface area contributed by atoms with Crippen molar-refractivity contribution in [2.24, 2.45) is 5.84 Å². The number of aryl methyl sites for hydroxylation is 2. The molecule has 0 saturated heterocycles. The topological polar surface area (TPSA) is 68.8 Å². The van der Waals surface area contributed by atoms with Crippen molar-refractivity contribution in [1.82, 2.24) is 20.4 Å². The normalized spacial score (nSPS) is 12.6. The summed E-state index contributed by atoms with van der Waals surface area (Å²) < 4.78 is 1.85. The average Bonchev–Trinajstić information content (AvgIpc) is 2.82. The highest BCUT2D eigenvalue weighted by molar-refractivity contribution is 6.31. The molecular weight excluding hydrogens is 262 g/mol. The fourth-order valence-electron chi connectivity index (χ4n) is 2.08. The second-order valence-electron chi connectivity index (χ2n) is 4.51. The zero-order chi connectivity index (χ0) is 13.8. The molecule has 0 bridgehead atoms. The predicted octanol–water partition coefficient (Wildman–Crippen LogP) is 2.20. The van der Waals surface area contributed by atoms with Gasteiger partial charge in [0, 0.05) is 11.6 Å². The summed E-state index contributed by atoms with van der Waals surface area (Å²) in [5, 5.41) is 8.72. The summed E-state index contributed by atoms with van der Waals surface area (Å²) in [6.07, 6.45) is 2.70. The molecule has 6 heteroatoms. The van der Waals surface area contributed by atoms with Gasteiger partial charge in [0.2, 0.25) is 0 Å². The SMILES string of the molecule is CCCn1nncc1C(NN)c1ccc(C)cc1Cl. The van der Waals surface area contributed by atoms with Crippen LogP contribution >= 0.6 is 11.6 Å². The summed E-state index contributed by atoms with van der Waals surface area (Å²) in [5.74, 6) is 5.69. The first kappa shape index (κ1) is 14.0. The van der Waals surface area contributed by atoms with Crippen molar-refractivity contribution < 1.29 is 0 Å². The molecule has 0 aliphatic rings. The van der Waals surface area contributed by atoms with Gasteiger partial charge < -0.3 is 0 Å². The van der Waals surface area contributed by atoms with Crippen LogP contribution in [0, 0.1) is 6.92 Å². The molecule has 19 heavy (non-hydrogen) atoms. The minimum Gasteiger partial charge on any atom is -0.271 e. The molecule has 0 amide bonds. The minimum atomic E-state index is -0.213. The third-order valence-corrected chi connectivity index (χ3v) is 3.34. The van der Waals surface area contributed by atoms with Crippen LogP contribution in [-0.2, 0) is 6.54 Å². The number of nitrogens with zero attached hydrogens (tertiary/aromatic N) is 3. The lowest BCUT2D eigenvalue weighted by Gasteiger charge is -2.18. The first-order chi connectivity index (χ1) is 9.17. The van der Waals surface area contributed by atoms with Gasteiger partial charge in [0.25, 0.3) is 0 Å². The van der Waals surface area contributed by atoms with Crippen molar-refractivity contribution in [3.63, 3.8) is 0 Å². The number of benzene rings is 1. The minimum absolute atomic E-state index is 0.213. The van der Waals surface area contributed by atoms with Gasteiger partial charge in [0.15, 0.2) is 0 Å². The Balaban J connectivity index is 2.41. The second kappa shape index (κ2) is 6.14. The summed E-state index contributed by atoms with van der Waals surface area (Å²) in [7, 11) is 0. The first-order valence-corrected chi connectivity index (χ1v) is 6.65. The van der Waals surface area contributed by atoms with Crippen LogP contribution in [0.4, 0.5) is 0 Å². The van der Waals surface area contributed by atoms with Crippen molar-refractivity contribution in [2.45, 2.75) is 32.9 Å². The van der Waals surface area contributed by atoms with Crippen molar-refractivity contribution in [2.75, 3.05) is 0 Å². The van der Waals surface area contributed by atoms with Gasteiger partial charge >= 0.3 is 0 Å². The van der Waals surface area contributed by atoms with Crippen molar-refractivity contribution in [3.05, 3.63) is 46.2 Å². The number of hydrazine groups is 1. The molecule has 2 rings (SSSR count). The van der Waals surface area contributed by atoms with E-state index in [9.17, 15) is 0 Å². The van der Waals surface area contributed by atoms with E-state index >= 15 is 0 Å². The first-order valence-electron chi connectivity index (χ1n) is 6.28. The van der Waals surface area contributed by atoms with E-state index in [0.717, 1.165) is 29.8 Å². The third kappa shape index (κ3) is 2.94. The lowest BCUT2D eigenvalue weighted by molar-refractivity contribution is 0.512. The maximum absolute atomic E-state index is 6.30. The number of rotatable bonds is 5. The largest absolute Gasteiger partial charge is 0.271 e. The van der Waals surface area contributed by atoms with Gasteiger partial charge in [-0.05, 0) is 30.5 Å². The zero-order valence-corrected chi connectivity index (χ0v) is 11.9.